The number of pyridine rings is 1. The number of carbonyl (C=O) groups excluding carboxylic acids is 2. The molecule has 0 aromatic carbocycles. The number of rotatable bonds is 7. The van der Waals surface area contributed by atoms with E-state index in [2.05, 4.69) is 25.8 Å². The third kappa shape index (κ3) is 5.68. The number of carbonyl (C=O) groups is 2. The van der Waals surface area contributed by atoms with Crippen molar-refractivity contribution in [3.05, 3.63) is 35.5 Å². The van der Waals surface area contributed by atoms with Crippen molar-refractivity contribution in [1.29, 1.82) is 0 Å². The Bertz CT molecular complexity index is 908. The molecule has 1 aliphatic rings. The molecule has 2 heterocycles. The Kier molecular flexibility index (Phi) is 7.38. The first-order valence-corrected chi connectivity index (χ1v) is 10.6. The van der Waals surface area contributed by atoms with Gasteiger partial charge in [-0.2, -0.15) is 0 Å². The Hall–Kier alpha value is -3.23. The molecule has 0 aliphatic heterocycles. The van der Waals surface area contributed by atoms with E-state index in [1.807, 2.05) is 32.0 Å². The lowest BCUT2D eigenvalue weighted by molar-refractivity contribution is -0.146. The molecule has 2 N–H and O–H groups in total. The van der Waals surface area contributed by atoms with Crippen molar-refractivity contribution in [2.24, 2.45) is 5.92 Å². The van der Waals surface area contributed by atoms with E-state index in [1.54, 1.807) is 18.2 Å². The lowest BCUT2D eigenvalue weighted by Crippen LogP contribution is -2.31. The normalized spacial score (nSPS) is 18.2. The van der Waals surface area contributed by atoms with Crippen LogP contribution in [0.25, 0.3) is 0 Å². The van der Waals surface area contributed by atoms with Gasteiger partial charge in [-0.25, -0.2) is 4.98 Å². The van der Waals surface area contributed by atoms with E-state index in [0.717, 1.165) is 37.8 Å². The fraction of sp³-hybridized carbons (Fsp3) is 0.500. The summed E-state index contributed by atoms with van der Waals surface area (Å²) in [6.07, 6.45) is 3.91. The number of hydrogen-bond donors (Lipinski definition) is 2. The molecule has 31 heavy (non-hydrogen) atoms. The van der Waals surface area contributed by atoms with Gasteiger partial charge < -0.3 is 20.3 Å². The Morgan fingerprint density at radius 1 is 1.10 bits per heavy atom. The van der Waals surface area contributed by atoms with Gasteiger partial charge in [0, 0.05) is 25.8 Å². The van der Waals surface area contributed by atoms with Gasteiger partial charge in [0.25, 0.3) is 5.91 Å². The Morgan fingerprint density at radius 2 is 1.84 bits per heavy atom. The van der Waals surface area contributed by atoms with Crippen LogP contribution in [0.15, 0.2) is 24.3 Å². The van der Waals surface area contributed by atoms with Crippen molar-refractivity contribution in [3.63, 3.8) is 0 Å². The van der Waals surface area contributed by atoms with Crippen LogP contribution in [0, 0.1) is 5.92 Å². The number of nitrogens with zero attached hydrogens (tertiary/aromatic N) is 4. The second-order valence-corrected chi connectivity index (χ2v) is 7.89. The summed E-state index contributed by atoms with van der Waals surface area (Å²) in [4.78, 5) is 31.2. The number of aryl methyl sites for hydroxylation is 1. The number of esters is 1. The molecule has 1 fully saturated rings. The summed E-state index contributed by atoms with van der Waals surface area (Å²) in [6.45, 7) is 2.02. The third-order valence-electron chi connectivity index (χ3n) is 5.51. The van der Waals surface area contributed by atoms with Gasteiger partial charge in [-0.1, -0.05) is 6.92 Å². The monoisotopic (exact) mass is 426 g/mol. The van der Waals surface area contributed by atoms with Crippen molar-refractivity contribution in [1.82, 2.24) is 15.2 Å². The second-order valence-electron chi connectivity index (χ2n) is 7.89. The van der Waals surface area contributed by atoms with Crippen LogP contribution in [0.1, 0.15) is 48.7 Å². The zero-order chi connectivity index (χ0) is 22.4. The first-order valence-electron chi connectivity index (χ1n) is 10.6. The molecule has 0 spiro atoms. The van der Waals surface area contributed by atoms with Gasteiger partial charge in [-0.3, -0.25) is 9.59 Å². The van der Waals surface area contributed by atoms with Crippen molar-refractivity contribution in [3.8, 4) is 0 Å². The highest BCUT2D eigenvalue weighted by molar-refractivity contribution is 6.07. The van der Waals surface area contributed by atoms with Crippen LogP contribution in [-0.2, 0) is 16.0 Å². The highest BCUT2D eigenvalue weighted by Crippen LogP contribution is 2.28. The predicted octanol–water partition coefficient (Wildman–Crippen LogP) is 2.90. The molecular formula is C22H30N6O3. The Morgan fingerprint density at radius 3 is 2.42 bits per heavy atom. The fourth-order valence-electron chi connectivity index (χ4n) is 3.64. The van der Waals surface area contributed by atoms with Crippen LogP contribution in [0.4, 0.5) is 17.5 Å². The highest BCUT2D eigenvalue weighted by Gasteiger charge is 2.28. The van der Waals surface area contributed by atoms with E-state index in [-0.39, 0.29) is 23.8 Å². The van der Waals surface area contributed by atoms with Crippen LogP contribution in [-0.4, -0.2) is 54.3 Å². The van der Waals surface area contributed by atoms with Crippen LogP contribution in [0.5, 0.6) is 0 Å². The first kappa shape index (κ1) is 22.5. The summed E-state index contributed by atoms with van der Waals surface area (Å²) < 4.78 is 4.86. The van der Waals surface area contributed by atoms with Gasteiger partial charge in [-0.05, 0) is 56.4 Å². The summed E-state index contributed by atoms with van der Waals surface area (Å²) in [6, 6.07) is 7.29. The van der Waals surface area contributed by atoms with Gasteiger partial charge >= 0.3 is 5.97 Å². The number of aromatic nitrogens is 3. The van der Waals surface area contributed by atoms with Crippen LogP contribution in [0.3, 0.4) is 0 Å². The van der Waals surface area contributed by atoms with E-state index in [1.165, 1.54) is 7.11 Å². The zero-order valence-corrected chi connectivity index (χ0v) is 18.5. The average molecular weight is 427 g/mol. The molecule has 0 saturated heterocycles. The van der Waals surface area contributed by atoms with Crippen molar-refractivity contribution >= 4 is 29.3 Å². The maximum Gasteiger partial charge on any atom is 0.308 e. The van der Waals surface area contributed by atoms with E-state index in [9.17, 15) is 9.59 Å². The third-order valence-corrected chi connectivity index (χ3v) is 5.51. The number of amides is 1. The maximum atomic E-state index is 12.9. The van der Waals surface area contributed by atoms with E-state index >= 15 is 0 Å². The lowest BCUT2D eigenvalue weighted by Gasteiger charge is -2.28. The number of anilines is 3. The quantitative estimate of drug-likeness (QED) is 0.651. The standard InChI is InChI=1S/C22H30N6O3/c1-5-15-10-11-17(21(29)25-18-12-13-19(27-26-18)28(2)3)20(23-15)24-16-8-6-14(7-9-16)22(30)31-4/h10-14,16H,5-9H2,1-4H3,(H,23,24)(H,25,26,29). The minimum Gasteiger partial charge on any atom is -0.469 e. The van der Waals surface area contributed by atoms with Crippen molar-refractivity contribution in [2.75, 3.05) is 36.7 Å². The molecule has 1 saturated carbocycles. The molecule has 9 heteroatoms. The van der Waals surface area contributed by atoms with Gasteiger partial charge in [0.2, 0.25) is 0 Å². The lowest BCUT2D eigenvalue weighted by atomic mass is 9.86. The Balaban J connectivity index is 1.72. The molecule has 1 aliphatic carbocycles. The van der Waals surface area contributed by atoms with E-state index in [4.69, 9.17) is 4.74 Å². The molecular weight excluding hydrogens is 396 g/mol. The second kappa shape index (κ2) is 10.2. The number of methoxy groups -OCH3 is 1. The molecule has 0 atom stereocenters. The molecule has 3 rings (SSSR count). The topological polar surface area (TPSA) is 109 Å². The van der Waals surface area contributed by atoms with Crippen molar-refractivity contribution < 1.29 is 14.3 Å². The first-order chi connectivity index (χ1) is 14.9. The molecule has 0 radical (unpaired) electrons. The number of nitrogens with one attached hydrogen (secondary N) is 2. The van der Waals surface area contributed by atoms with E-state index in [0.29, 0.717) is 23.0 Å². The van der Waals surface area contributed by atoms with Crippen LogP contribution in [0.2, 0.25) is 0 Å². The minimum atomic E-state index is -0.298. The van der Waals surface area contributed by atoms with Gasteiger partial charge in [0.1, 0.15) is 5.82 Å². The van der Waals surface area contributed by atoms with Gasteiger partial charge in [-0.15, -0.1) is 10.2 Å². The highest BCUT2D eigenvalue weighted by atomic mass is 16.5. The summed E-state index contributed by atoms with van der Waals surface area (Å²) in [5.74, 6) is 1.14. The average Bonchev–Trinajstić information content (AvgIpc) is 2.79. The van der Waals surface area contributed by atoms with E-state index < -0.39 is 0 Å². The van der Waals surface area contributed by atoms with Gasteiger partial charge in [0.15, 0.2) is 11.6 Å². The summed E-state index contributed by atoms with van der Waals surface area (Å²) in [5.41, 5.74) is 1.35. The van der Waals surface area contributed by atoms with Crippen molar-refractivity contribution in [2.45, 2.75) is 45.1 Å². The zero-order valence-electron chi connectivity index (χ0n) is 18.5. The Labute approximate surface area is 182 Å². The summed E-state index contributed by atoms with van der Waals surface area (Å²) in [7, 11) is 5.18. The minimum absolute atomic E-state index is 0.0514. The summed E-state index contributed by atoms with van der Waals surface area (Å²) in [5, 5.41) is 14.4. The molecule has 166 valence electrons. The SMILES string of the molecule is CCc1ccc(C(=O)Nc2ccc(N(C)C)nn2)c(NC2CCC(C(=O)OC)CC2)n1. The van der Waals surface area contributed by atoms with Crippen LogP contribution < -0.4 is 15.5 Å². The largest absolute Gasteiger partial charge is 0.469 e. The summed E-state index contributed by atoms with van der Waals surface area (Å²) >= 11 is 0. The molecule has 0 bridgehead atoms. The molecule has 9 nitrogen and oxygen atoms in total. The smallest absolute Gasteiger partial charge is 0.308 e. The number of hydrogen-bond acceptors (Lipinski definition) is 8. The predicted molar refractivity (Wildman–Crippen MR) is 119 cm³/mol. The van der Waals surface area contributed by atoms with Crippen LogP contribution >= 0.6 is 0 Å². The molecule has 1 amide bonds. The molecule has 2 aromatic heterocycles. The molecule has 0 unspecified atom stereocenters. The molecule has 2 aromatic rings. The van der Waals surface area contributed by atoms with Gasteiger partial charge in [0.05, 0.1) is 18.6 Å². The maximum absolute atomic E-state index is 12.9. The fourth-order valence-corrected chi connectivity index (χ4v) is 3.64. The number of ether oxygens (including phenoxy) is 1.